The van der Waals surface area contributed by atoms with Crippen molar-refractivity contribution >= 4 is 5.82 Å². The molecule has 1 aromatic rings. The van der Waals surface area contributed by atoms with Gasteiger partial charge in [-0.15, -0.1) is 0 Å². The van der Waals surface area contributed by atoms with Gasteiger partial charge in [0.15, 0.2) is 0 Å². The molecule has 17 heavy (non-hydrogen) atoms. The third-order valence-corrected chi connectivity index (χ3v) is 3.80. The maximum absolute atomic E-state index is 5.48. The van der Waals surface area contributed by atoms with E-state index in [0.717, 1.165) is 30.2 Å². The lowest BCUT2D eigenvalue weighted by Gasteiger charge is -2.20. The molecule has 92 valence electrons. The van der Waals surface area contributed by atoms with Gasteiger partial charge < -0.3 is 10.1 Å². The second-order valence-electron chi connectivity index (χ2n) is 4.89. The molecule has 0 bridgehead atoms. The molecule has 2 aliphatic rings. The van der Waals surface area contributed by atoms with Crippen LogP contribution in [-0.4, -0.2) is 23.6 Å². The van der Waals surface area contributed by atoms with E-state index in [4.69, 9.17) is 9.72 Å². The highest BCUT2D eigenvalue weighted by molar-refractivity contribution is 5.47. The maximum atomic E-state index is 5.48. The summed E-state index contributed by atoms with van der Waals surface area (Å²) >= 11 is 0. The van der Waals surface area contributed by atoms with Crippen LogP contribution in [0.15, 0.2) is 0 Å². The van der Waals surface area contributed by atoms with Crippen molar-refractivity contribution in [3.63, 3.8) is 0 Å². The average Bonchev–Trinajstić information content (AvgIpc) is 2.91. The molecule has 0 unspecified atom stereocenters. The number of hydrogen-bond acceptors (Lipinski definition) is 4. The summed E-state index contributed by atoms with van der Waals surface area (Å²) in [5.74, 6) is 2.60. The largest absolute Gasteiger partial charge is 0.376 e. The number of aromatic nitrogens is 2. The Morgan fingerprint density at radius 2 is 2.06 bits per heavy atom. The van der Waals surface area contributed by atoms with Gasteiger partial charge in [-0.25, -0.2) is 9.97 Å². The Labute approximate surface area is 102 Å². The summed E-state index contributed by atoms with van der Waals surface area (Å²) in [6, 6.07) is 0. The summed E-state index contributed by atoms with van der Waals surface area (Å²) in [7, 11) is 1.93. The molecule has 1 aromatic heterocycles. The van der Waals surface area contributed by atoms with E-state index in [1.807, 2.05) is 7.05 Å². The fourth-order valence-corrected chi connectivity index (χ4v) is 2.82. The molecular formula is C13H19N3O. The lowest BCUT2D eigenvalue weighted by molar-refractivity contribution is 0.109. The zero-order valence-electron chi connectivity index (χ0n) is 10.3. The van der Waals surface area contributed by atoms with Gasteiger partial charge in [0.25, 0.3) is 0 Å². The van der Waals surface area contributed by atoms with Crippen molar-refractivity contribution in [2.45, 2.75) is 44.6 Å². The first-order valence-electron chi connectivity index (χ1n) is 6.53. The second-order valence-corrected chi connectivity index (χ2v) is 4.89. The van der Waals surface area contributed by atoms with Gasteiger partial charge in [-0.2, -0.15) is 0 Å². The van der Waals surface area contributed by atoms with Crippen LogP contribution in [-0.2, 0) is 17.8 Å². The Kier molecular flexibility index (Phi) is 2.97. The third kappa shape index (κ3) is 2.02. The van der Waals surface area contributed by atoms with Gasteiger partial charge in [0.2, 0.25) is 0 Å². The Morgan fingerprint density at radius 1 is 1.24 bits per heavy atom. The number of anilines is 1. The molecule has 1 saturated carbocycles. The fourth-order valence-electron chi connectivity index (χ4n) is 2.82. The third-order valence-electron chi connectivity index (χ3n) is 3.80. The highest BCUT2D eigenvalue weighted by Gasteiger charge is 2.24. The van der Waals surface area contributed by atoms with E-state index >= 15 is 0 Å². The van der Waals surface area contributed by atoms with E-state index in [2.05, 4.69) is 10.3 Å². The molecular weight excluding hydrogens is 214 g/mol. The van der Waals surface area contributed by atoms with E-state index in [-0.39, 0.29) is 0 Å². The van der Waals surface area contributed by atoms with Gasteiger partial charge in [0.1, 0.15) is 11.6 Å². The van der Waals surface area contributed by atoms with E-state index < -0.39 is 0 Å². The van der Waals surface area contributed by atoms with Crippen molar-refractivity contribution in [2.24, 2.45) is 0 Å². The van der Waals surface area contributed by atoms with Crippen molar-refractivity contribution in [2.75, 3.05) is 19.0 Å². The van der Waals surface area contributed by atoms with E-state index in [1.165, 1.54) is 31.4 Å². The predicted octanol–water partition coefficient (Wildman–Crippen LogP) is 2.25. The molecule has 4 heteroatoms. The van der Waals surface area contributed by atoms with Gasteiger partial charge in [-0.1, -0.05) is 12.8 Å². The summed E-state index contributed by atoms with van der Waals surface area (Å²) in [5.41, 5.74) is 2.35. The summed E-state index contributed by atoms with van der Waals surface area (Å²) in [5, 5.41) is 3.19. The molecule has 1 aliphatic carbocycles. The number of ether oxygens (including phenoxy) is 1. The van der Waals surface area contributed by atoms with Gasteiger partial charge in [-0.3, -0.25) is 0 Å². The Balaban J connectivity index is 1.99. The minimum Gasteiger partial charge on any atom is -0.376 e. The number of rotatable bonds is 2. The summed E-state index contributed by atoms with van der Waals surface area (Å²) in [4.78, 5) is 9.46. The van der Waals surface area contributed by atoms with Crippen LogP contribution in [0.2, 0.25) is 0 Å². The topological polar surface area (TPSA) is 47.0 Å². The second kappa shape index (κ2) is 4.61. The SMILES string of the molecule is CNc1nc(C2CCCC2)nc2c1COCC2. The number of hydrogen-bond donors (Lipinski definition) is 1. The highest BCUT2D eigenvalue weighted by Crippen LogP contribution is 2.34. The first-order valence-corrected chi connectivity index (χ1v) is 6.53. The summed E-state index contributed by atoms with van der Waals surface area (Å²) in [6.45, 7) is 1.44. The number of nitrogens with zero attached hydrogens (tertiary/aromatic N) is 2. The van der Waals surface area contributed by atoms with Gasteiger partial charge in [0.05, 0.1) is 18.9 Å². The van der Waals surface area contributed by atoms with Crippen LogP contribution < -0.4 is 5.32 Å². The molecule has 4 nitrogen and oxygen atoms in total. The summed E-state index contributed by atoms with van der Waals surface area (Å²) < 4.78 is 5.48. The Hall–Kier alpha value is -1.16. The normalized spacial score (nSPS) is 20.3. The monoisotopic (exact) mass is 233 g/mol. The van der Waals surface area contributed by atoms with Crippen LogP contribution in [0.25, 0.3) is 0 Å². The van der Waals surface area contributed by atoms with Gasteiger partial charge in [-0.05, 0) is 12.8 Å². The van der Waals surface area contributed by atoms with Crippen LogP contribution in [0, 0.1) is 0 Å². The van der Waals surface area contributed by atoms with Crippen LogP contribution in [0.3, 0.4) is 0 Å². The molecule has 0 amide bonds. The van der Waals surface area contributed by atoms with Gasteiger partial charge in [0, 0.05) is 24.9 Å². The lowest BCUT2D eigenvalue weighted by Crippen LogP contribution is -2.18. The van der Waals surface area contributed by atoms with Crippen LogP contribution in [0.5, 0.6) is 0 Å². The van der Waals surface area contributed by atoms with Crippen molar-refractivity contribution in [3.8, 4) is 0 Å². The fraction of sp³-hybridized carbons (Fsp3) is 0.692. The minimum absolute atomic E-state index is 0.579. The molecule has 2 heterocycles. The molecule has 0 atom stereocenters. The Morgan fingerprint density at radius 3 is 2.82 bits per heavy atom. The standard InChI is InChI=1S/C13H19N3O/c1-14-13-10-8-17-7-6-11(10)15-12(16-13)9-4-2-3-5-9/h9H,2-8H2,1H3,(H,14,15,16). The minimum atomic E-state index is 0.579. The summed E-state index contributed by atoms with van der Waals surface area (Å²) in [6.07, 6.45) is 6.06. The molecule has 0 spiro atoms. The first kappa shape index (κ1) is 11.0. The molecule has 3 rings (SSSR count). The van der Waals surface area contributed by atoms with Crippen molar-refractivity contribution in [1.82, 2.24) is 9.97 Å². The zero-order valence-corrected chi connectivity index (χ0v) is 10.3. The number of nitrogens with one attached hydrogen (secondary N) is 1. The quantitative estimate of drug-likeness (QED) is 0.851. The molecule has 1 aliphatic heterocycles. The van der Waals surface area contributed by atoms with Crippen molar-refractivity contribution in [1.29, 1.82) is 0 Å². The van der Waals surface area contributed by atoms with E-state index in [9.17, 15) is 0 Å². The molecule has 1 fully saturated rings. The van der Waals surface area contributed by atoms with Crippen LogP contribution in [0.4, 0.5) is 5.82 Å². The van der Waals surface area contributed by atoms with Crippen molar-refractivity contribution < 1.29 is 4.74 Å². The first-order chi connectivity index (χ1) is 8.38. The zero-order chi connectivity index (χ0) is 11.7. The molecule has 0 saturated heterocycles. The van der Waals surface area contributed by atoms with E-state index in [1.54, 1.807) is 0 Å². The number of fused-ring (bicyclic) bond motifs is 1. The van der Waals surface area contributed by atoms with Gasteiger partial charge >= 0.3 is 0 Å². The molecule has 0 radical (unpaired) electrons. The average molecular weight is 233 g/mol. The van der Waals surface area contributed by atoms with Crippen LogP contribution in [0.1, 0.15) is 48.7 Å². The lowest BCUT2D eigenvalue weighted by atomic mass is 10.1. The Bertz CT molecular complexity index is 396. The molecule has 0 aromatic carbocycles. The van der Waals surface area contributed by atoms with Crippen LogP contribution >= 0.6 is 0 Å². The van der Waals surface area contributed by atoms with E-state index in [0.29, 0.717) is 12.5 Å². The highest BCUT2D eigenvalue weighted by atomic mass is 16.5. The maximum Gasteiger partial charge on any atom is 0.135 e. The smallest absolute Gasteiger partial charge is 0.135 e. The molecule has 1 N–H and O–H groups in total. The van der Waals surface area contributed by atoms with Crippen molar-refractivity contribution in [3.05, 3.63) is 17.1 Å². The predicted molar refractivity (Wildman–Crippen MR) is 66.1 cm³/mol.